The zero-order valence-corrected chi connectivity index (χ0v) is 5.05. The molecule has 4 heteroatoms. The third-order valence-electron chi connectivity index (χ3n) is 1.37. The maximum absolute atomic E-state index is 10.3. The number of aliphatic carboxylic acids is 1. The summed E-state index contributed by atoms with van der Waals surface area (Å²) >= 11 is 0. The van der Waals surface area contributed by atoms with E-state index in [0.717, 1.165) is 19.4 Å². The molecule has 4 nitrogen and oxygen atoms in total. The Morgan fingerprint density at radius 3 is 2.78 bits per heavy atom. The fourth-order valence-corrected chi connectivity index (χ4v) is 0.847. The molecule has 0 bridgehead atoms. The molecule has 0 unspecified atom stereocenters. The van der Waals surface area contributed by atoms with Crippen LogP contribution in [0.25, 0.3) is 0 Å². The minimum absolute atomic E-state index is 0.390. The van der Waals surface area contributed by atoms with Crippen molar-refractivity contribution in [1.82, 2.24) is 10.9 Å². The van der Waals surface area contributed by atoms with Gasteiger partial charge in [0.1, 0.15) is 6.04 Å². The third-order valence-corrected chi connectivity index (χ3v) is 1.37. The van der Waals surface area contributed by atoms with Gasteiger partial charge in [0.05, 0.1) is 0 Å². The summed E-state index contributed by atoms with van der Waals surface area (Å²) in [5.74, 6) is -0.776. The van der Waals surface area contributed by atoms with Crippen LogP contribution in [0.5, 0.6) is 0 Å². The summed E-state index contributed by atoms with van der Waals surface area (Å²) in [6, 6.07) is -0.390. The fraction of sp³-hybridized carbons (Fsp3) is 0.800. The van der Waals surface area contributed by atoms with Crippen LogP contribution in [-0.4, -0.2) is 23.7 Å². The molecule has 1 rings (SSSR count). The first-order valence-electron chi connectivity index (χ1n) is 3.02. The molecule has 1 heterocycles. The van der Waals surface area contributed by atoms with Crippen molar-refractivity contribution >= 4 is 5.97 Å². The highest BCUT2D eigenvalue weighted by atomic mass is 16.4. The van der Waals surface area contributed by atoms with E-state index in [1.165, 1.54) is 0 Å². The van der Waals surface area contributed by atoms with Crippen LogP contribution < -0.4 is 10.9 Å². The molecule has 0 aliphatic carbocycles. The highest BCUT2D eigenvalue weighted by Crippen LogP contribution is 1.98. The second-order valence-electron chi connectivity index (χ2n) is 2.10. The van der Waals surface area contributed by atoms with Gasteiger partial charge in [0.2, 0.25) is 0 Å². The molecule has 0 spiro atoms. The van der Waals surface area contributed by atoms with Crippen LogP contribution in [-0.2, 0) is 4.79 Å². The van der Waals surface area contributed by atoms with Crippen LogP contribution >= 0.6 is 0 Å². The summed E-state index contributed by atoms with van der Waals surface area (Å²) in [6.07, 6.45) is 1.66. The largest absolute Gasteiger partial charge is 0.480 e. The molecule has 0 aromatic rings. The summed E-state index contributed by atoms with van der Waals surface area (Å²) in [7, 11) is 0. The van der Waals surface area contributed by atoms with Crippen molar-refractivity contribution in [3.8, 4) is 0 Å². The molecular formula is C5H10N2O2. The van der Waals surface area contributed by atoms with E-state index in [1.807, 2.05) is 0 Å². The molecule has 0 saturated carbocycles. The van der Waals surface area contributed by atoms with Crippen LogP contribution in [0.3, 0.4) is 0 Å². The number of hydrogen-bond donors (Lipinski definition) is 3. The van der Waals surface area contributed by atoms with Crippen molar-refractivity contribution in [3.63, 3.8) is 0 Å². The second-order valence-corrected chi connectivity index (χ2v) is 2.10. The van der Waals surface area contributed by atoms with Gasteiger partial charge in [-0.1, -0.05) is 0 Å². The number of rotatable bonds is 1. The van der Waals surface area contributed by atoms with Crippen LogP contribution in [0.15, 0.2) is 0 Å². The number of hydrogen-bond acceptors (Lipinski definition) is 3. The third kappa shape index (κ3) is 1.65. The van der Waals surface area contributed by atoms with Gasteiger partial charge in [-0.15, -0.1) is 0 Å². The van der Waals surface area contributed by atoms with Crippen LogP contribution in [0.1, 0.15) is 12.8 Å². The topological polar surface area (TPSA) is 61.4 Å². The first-order chi connectivity index (χ1) is 4.30. The Hall–Kier alpha value is -0.610. The summed E-state index contributed by atoms with van der Waals surface area (Å²) < 4.78 is 0. The molecule has 0 radical (unpaired) electrons. The average Bonchev–Trinajstić information content (AvgIpc) is 1.90. The quantitative estimate of drug-likeness (QED) is 0.440. The van der Waals surface area contributed by atoms with Crippen molar-refractivity contribution in [3.05, 3.63) is 0 Å². The number of carbonyl (C=O) groups is 1. The highest BCUT2D eigenvalue weighted by Gasteiger charge is 2.18. The molecule has 1 atom stereocenters. The smallest absolute Gasteiger partial charge is 0.322 e. The predicted molar refractivity (Wildman–Crippen MR) is 31.8 cm³/mol. The minimum atomic E-state index is -0.776. The van der Waals surface area contributed by atoms with E-state index in [-0.39, 0.29) is 0 Å². The number of hydrazine groups is 1. The lowest BCUT2D eigenvalue weighted by molar-refractivity contribution is -0.140. The first kappa shape index (κ1) is 6.51. The maximum Gasteiger partial charge on any atom is 0.322 e. The Bertz CT molecular complexity index is 110. The van der Waals surface area contributed by atoms with Crippen molar-refractivity contribution in [2.75, 3.05) is 6.54 Å². The SMILES string of the molecule is O=C(O)[C@@H]1CCCNN1. The minimum Gasteiger partial charge on any atom is -0.480 e. The number of carboxylic acids is 1. The van der Waals surface area contributed by atoms with Gasteiger partial charge in [-0.2, -0.15) is 0 Å². The predicted octanol–water partition coefficient (Wildman–Crippen LogP) is -0.672. The van der Waals surface area contributed by atoms with E-state index in [1.54, 1.807) is 0 Å². The molecular weight excluding hydrogens is 120 g/mol. The Morgan fingerprint density at radius 1 is 1.67 bits per heavy atom. The van der Waals surface area contributed by atoms with Crippen molar-refractivity contribution in [2.24, 2.45) is 0 Å². The van der Waals surface area contributed by atoms with Gasteiger partial charge in [-0.3, -0.25) is 10.2 Å². The van der Waals surface area contributed by atoms with Crippen molar-refractivity contribution in [2.45, 2.75) is 18.9 Å². The van der Waals surface area contributed by atoms with Gasteiger partial charge in [-0.05, 0) is 12.8 Å². The van der Waals surface area contributed by atoms with Crippen LogP contribution in [0.2, 0.25) is 0 Å². The normalized spacial score (nSPS) is 27.8. The van der Waals surface area contributed by atoms with Crippen molar-refractivity contribution < 1.29 is 9.90 Å². The van der Waals surface area contributed by atoms with Gasteiger partial charge in [0.15, 0.2) is 0 Å². The Kier molecular flexibility index (Phi) is 2.02. The molecule has 0 aromatic heterocycles. The zero-order valence-electron chi connectivity index (χ0n) is 5.05. The molecule has 1 fully saturated rings. The lowest BCUT2D eigenvalue weighted by Gasteiger charge is -2.19. The summed E-state index contributed by atoms with van der Waals surface area (Å²) in [4.78, 5) is 10.3. The summed E-state index contributed by atoms with van der Waals surface area (Å²) in [5, 5.41) is 8.44. The molecule has 1 aliphatic heterocycles. The lowest BCUT2D eigenvalue weighted by Crippen LogP contribution is -2.49. The monoisotopic (exact) mass is 130 g/mol. The molecule has 1 saturated heterocycles. The van der Waals surface area contributed by atoms with E-state index in [4.69, 9.17) is 5.11 Å². The Labute approximate surface area is 53.2 Å². The van der Waals surface area contributed by atoms with Gasteiger partial charge in [0.25, 0.3) is 0 Å². The van der Waals surface area contributed by atoms with E-state index < -0.39 is 12.0 Å². The lowest BCUT2D eigenvalue weighted by atomic mass is 10.1. The zero-order chi connectivity index (χ0) is 6.69. The molecule has 0 aromatic carbocycles. The molecule has 3 N–H and O–H groups in total. The fourth-order valence-electron chi connectivity index (χ4n) is 0.847. The van der Waals surface area contributed by atoms with Crippen molar-refractivity contribution in [1.29, 1.82) is 0 Å². The Morgan fingerprint density at radius 2 is 2.44 bits per heavy atom. The number of nitrogens with one attached hydrogen (secondary N) is 2. The Balaban J connectivity index is 2.31. The molecule has 52 valence electrons. The second kappa shape index (κ2) is 2.80. The van der Waals surface area contributed by atoms with Gasteiger partial charge < -0.3 is 5.11 Å². The van der Waals surface area contributed by atoms with Gasteiger partial charge in [-0.25, -0.2) is 5.43 Å². The van der Waals surface area contributed by atoms with E-state index in [2.05, 4.69) is 10.9 Å². The van der Waals surface area contributed by atoms with E-state index in [9.17, 15) is 4.79 Å². The van der Waals surface area contributed by atoms with Gasteiger partial charge >= 0.3 is 5.97 Å². The summed E-state index contributed by atoms with van der Waals surface area (Å²) in [5.41, 5.74) is 5.45. The van der Waals surface area contributed by atoms with Crippen LogP contribution in [0.4, 0.5) is 0 Å². The maximum atomic E-state index is 10.3. The molecule has 1 aliphatic rings. The van der Waals surface area contributed by atoms with E-state index in [0.29, 0.717) is 0 Å². The molecule has 0 amide bonds. The van der Waals surface area contributed by atoms with Gasteiger partial charge in [0, 0.05) is 6.54 Å². The summed E-state index contributed by atoms with van der Waals surface area (Å²) in [6.45, 7) is 0.865. The van der Waals surface area contributed by atoms with Crippen LogP contribution in [0, 0.1) is 0 Å². The number of carboxylic acid groups (broad SMARTS) is 1. The highest BCUT2D eigenvalue weighted by molar-refractivity contribution is 5.73. The standard InChI is InChI=1S/C5H10N2O2/c8-5(9)4-2-1-3-6-7-4/h4,6-7H,1-3H2,(H,8,9)/t4-/m0/s1. The van der Waals surface area contributed by atoms with E-state index >= 15 is 0 Å². The average molecular weight is 130 g/mol. The molecule has 9 heavy (non-hydrogen) atoms. The first-order valence-corrected chi connectivity index (χ1v) is 3.02.